The predicted octanol–water partition coefficient (Wildman–Crippen LogP) is -0.198. The smallest absolute Gasteiger partial charge is 0.306 e. The molecule has 0 aliphatic carbocycles. The summed E-state index contributed by atoms with van der Waals surface area (Å²) >= 11 is 0. The lowest BCUT2D eigenvalue weighted by atomic mass is 10.3. The zero-order valence-corrected chi connectivity index (χ0v) is 9.59. The minimum atomic E-state index is -1.10. The van der Waals surface area contributed by atoms with Gasteiger partial charge in [0.05, 0.1) is 25.7 Å². The van der Waals surface area contributed by atoms with Crippen LogP contribution < -0.4 is 0 Å². The van der Waals surface area contributed by atoms with Crippen LogP contribution >= 0.6 is 0 Å². The first-order valence-corrected chi connectivity index (χ1v) is 5.16. The Bertz CT molecular complexity index is 290. The molecule has 0 amide bonds. The third-order valence-electron chi connectivity index (χ3n) is 1.70. The number of carbonyl (C=O) groups excluding carboxylic acids is 2. The molecule has 0 atom stereocenters. The molecule has 0 aromatic carbocycles. The maximum Gasteiger partial charge on any atom is 0.306 e. The Morgan fingerprint density at radius 1 is 0.667 bits per heavy atom. The number of hydrogen-bond acceptors (Lipinski definition) is 6. The third kappa shape index (κ3) is 10.4. The third-order valence-corrected chi connectivity index (χ3v) is 1.70. The monoisotopic (exact) mass is 262 g/mol. The van der Waals surface area contributed by atoms with Gasteiger partial charge in [-0.05, 0) is 0 Å². The summed E-state index contributed by atoms with van der Waals surface area (Å²) in [5.74, 6) is -3.60. The number of aliphatic carboxylic acids is 2. The van der Waals surface area contributed by atoms with Gasteiger partial charge in [-0.3, -0.25) is 19.2 Å². The van der Waals surface area contributed by atoms with E-state index in [1.165, 1.54) is 0 Å². The molecule has 0 aliphatic rings. The first kappa shape index (κ1) is 15.9. The summed E-state index contributed by atoms with van der Waals surface area (Å²) in [6.45, 7) is -0.367. The summed E-state index contributed by atoms with van der Waals surface area (Å²) in [6.07, 6.45) is -1.14. The van der Waals surface area contributed by atoms with Crippen molar-refractivity contribution in [2.45, 2.75) is 25.7 Å². The van der Waals surface area contributed by atoms with E-state index in [4.69, 9.17) is 10.2 Å². The van der Waals surface area contributed by atoms with Crippen LogP contribution in [0.15, 0.2) is 0 Å². The number of rotatable bonds is 9. The van der Waals surface area contributed by atoms with Crippen LogP contribution in [0.2, 0.25) is 0 Å². The second-order valence-corrected chi connectivity index (χ2v) is 3.23. The fourth-order valence-electron chi connectivity index (χ4n) is 0.873. The zero-order valence-electron chi connectivity index (χ0n) is 9.59. The Morgan fingerprint density at radius 3 is 1.28 bits per heavy atom. The van der Waals surface area contributed by atoms with Crippen molar-refractivity contribution in [1.82, 2.24) is 0 Å². The van der Waals surface area contributed by atoms with E-state index in [9.17, 15) is 19.2 Å². The fraction of sp³-hybridized carbons (Fsp3) is 0.600. The van der Waals surface area contributed by atoms with Crippen LogP contribution in [0.5, 0.6) is 0 Å². The van der Waals surface area contributed by atoms with Gasteiger partial charge < -0.3 is 19.7 Å². The number of carboxylic acids is 2. The molecule has 0 aromatic rings. The molecule has 0 heterocycles. The van der Waals surface area contributed by atoms with E-state index in [1.807, 2.05) is 0 Å². The Kier molecular flexibility index (Phi) is 7.91. The van der Waals surface area contributed by atoms with Crippen molar-refractivity contribution in [2.75, 3.05) is 13.2 Å². The van der Waals surface area contributed by atoms with Crippen LogP contribution in [0, 0.1) is 0 Å². The maximum absolute atomic E-state index is 10.9. The minimum absolute atomic E-state index is 0.183. The second-order valence-electron chi connectivity index (χ2n) is 3.23. The molecule has 8 heteroatoms. The van der Waals surface area contributed by atoms with Gasteiger partial charge in [-0.1, -0.05) is 0 Å². The van der Waals surface area contributed by atoms with Gasteiger partial charge >= 0.3 is 23.9 Å². The van der Waals surface area contributed by atoms with E-state index in [1.54, 1.807) is 0 Å². The molecule has 0 unspecified atom stereocenters. The topological polar surface area (TPSA) is 127 Å². The zero-order chi connectivity index (χ0) is 14.0. The minimum Gasteiger partial charge on any atom is -0.481 e. The van der Waals surface area contributed by atoms with Gasteiger partial charge in [-0.2, -0.15) is 0 Å². The van der Waals surface area contributed by atoms with E-state index in [2.05, 4.69) is 9.47 Å². The molecule has 18 heavy (non-hydrogen) atoms. The van der Waals surface area contributed by atoms with Crippen molar-refractivity contribution < 1.29 is 38.9 Å². The van der Waals surface area contributed by atoms with E-state index < -0.39 is 23.9 Å². The summed E-state index contributed by atoms with van der Waals surface area (Å²) in [5, 5.41) is 16.6. The number of ether oxygens (including phenoxy) is 2. The second kappa shape index (κ2) is 8.97. The number of carbonyl (C=O) groups is 4. The highest BCUT2D eigenvalue weighted by Crippen LogP contribution is 1.95. The average Bonchev–Trinajstić information content (AvgIpc) is 2.29. The highest BCUT2D eigenvalue weighted by Gasteiger charge is 2.08. The van der Waals surface area contributed by atoms with E-state index in [0.717, 1.165) is 0 Å². The molecule has 0 aliphatic heterocycles. The van der Waals surface area contributed by atoms with E-state index in [-0.39, 0.29) is 38.9 Å². The first-order chi connectivity index (χ1) is 8.41. The summed E-state index contributed by atoms with van der Waals surface area (Å²) in [7, 11) is 0. The largest absolute Gasteiger partial charge is 0.481 e. The van der Waals surface area contributed by atoms with Gasteiger partial charge in [0, 0.05) is 0 Å². The highest BCUT2D eigenvalue weighted by atomic mass is 16.6. The summed E-state index contributed by atoms with van der Waals surface area (Å²) < 4.78 is 9.15. The van der Waals surface area contributed by atoms with Crippen molar-refractivity contribution in [3.8, 4) is 0 Å². The van der Waals surface area contributed by atoms with Crippen molar-refractivity contribution in [1.29, 1.82) is 0 Å². The van der Waals surface area contributed by atoms with Crippen LogP contribution in [0.4, 0.5) is 0 Å². The van der Waals surface area contributed by atoms with Gasteiger partial charge in [-0.15, -0.1) is 0 Å². The summed E-state index contributed by atoms with van der Waals surface area (Å²) in [6, 6.07) is 0. The SMILES string of the molecule is O=C(O)CCC(=O)OCCOC(=O)CCC(=O)O. The normalized spacial score (nSPS) is 9.56. The van der Waals surface area contributed by atoms with Crippen LogP contribution in [-0.4, -0.2) is 47.3 Å². The lowest BCUT2D eigenvalue weighted by molar-refractivity contribution is -0.154. The Hall–Kier alpha value is -2.12. The molecule has 8 nitrogen and oxygen atoms in total. The number of hydrogen-bond donors (Lipinski definition) is 2. The Balaban J connectivity index is 3.49. The molecule has 0 saturated heterocycles. The van der Waals surface area contributed by atoms with Crippen LogP contribution in [0.3, 0.4) is 0 Å². The molecule has 2 N–H and O–H groups in total. The van der Waals surface area contributed by atoms with E-state index >= 15 is 0 Å². The van der Waals surface area contributed by atoms with Crippen molar-refractivity contribution >= 4 is 23.9 Å². The van der Waals surface area contributed by atoms with Gasteiger partial charge in [-0.25, -0.2) is 0 Å². The Labute approximate surface area is 102 Å². The molecular formula is C10H14O8. The number of carboxylic acid groups (broad SMARTS) is 2. The number of esters is 2. The van der Waals surface area contributed by atoms with Crippen molar-refractivity contribution in [3.05, 3.63) is 0 Å². The summed E-state index contributed by atoms with van der Waals surface area (Å²) in [5.41, 5.74) is 0. The molecule has 0 radical (unpaired) electrons. The van der Waals surface area contributed by atoms with Crippen LogP contribution in [0.25, 0.3) is 0 Å². The highest BCUT2D eigenvalue weighted by molar-refractivity contribution is 5.77. The maximum atomic E-state index is 10.9. The molecule has 0 saturated carbocycles. The molecule has 0 fully saturated rings. The summed E-state index contributed by atoms with van der Waals surface area (Å²) in [4.78, 5) is 42.1. The van der Waals surface area contributed by atoms with Gasteiger partial charge in [0.1, 0.15) is 13.2 Å². The van der Waals surface area contributed by atoms with Gasteiger partial charge in [0.15, 0.2) is 0 Å². The van der Waals surface area contributed by atoms with Gasteiger partial charge in [0.2, 0.25) is 0 Å². The lowest BCUT2D eigenvalue weighted by Gasteiger charge is -2.05. The molecular weight excluding hydrogens is 248 g/mol. The quantitative estimate of drug-likeness (QED) is 0.432. The first-order valence-electron chi connectivity index (χ1n) is 5.16. The molecule has 0 spiro atoms. The standard InChI is InChI=1S/C10H14O8/c11-7(12)1-3-9(15)17-5-6-18-10(16)4-2-8(13)14/h1-6H2,(H,11,12)(H,13,14). The molecule has 102 valence electrons. The molecule has 0 aromatic heterocycles. The fourth-order valence-corrected chi connectivity index (χ4v) is 0.873. The molecule has 0 rings (SSSR count). The van der Waals surface area contributed by atoms with Gasteiger partial charge in [0.25, 0.3) is 0 Å². The van der Waals surface area contributed by atoms with Crippen molar-refractivity contribution in [3.63, 3.8) is 0 Å². The van der Waals surface area contributed by atoms with E-state index in [0.29, 0.717) is 0 Å². The lowest BCUT2D eigenvalue weighted by Crippen LogP contribution is -2.15. The Morgan fingerprint density at radius 2 is 1.00 bits per heavy atom. The average molecular weight is 262 g/mol. The van der Waals surface area contributed by atoms with Crippen LogP contribution in [0.1, 0.15) is 25.7 Å². The predicted molar refractivity (Wildman–Crippen MR) is 55.7 cm³/mol. The van der Waals surface area contributed by atoms with Crippen molar-refractivity contribution in [2.24, 2.45) is 0 Å². The molecule has 0 bridgehead atoms. The van der Waals surface area contributed by atoms with Crippen LogP contribution in [-0.2, 0) is 28.7 Å².